The molecule has 0 aliphatic rings. The maximum absolute atomic E-state index is 13.7. The van der Waals surface area contributed by atoms with Crippen LogP contribution in [-0.2, 0) is 9.59 Å². The molecular formula is C37H30N4O5S2. The Morgan fingerprint density at radius 2 is 1.65 bits per heavy atom. The Kier molecular flexibility index (Phi) is 10.3. The highest BCUT2D eigenvalue weighted by Crippen LogP contribution is 2.38. The number of nitrogens with zero attached hydrogens (tertiary/aromatic N) is 1. The van der Waals surface area contributed by atoms with E-state index in [0.717, 1.165) is 26.4 Å². The first kappa shape index (κ1) is 32.3. The van der Waals surface area contributed by atoms with Crippen LogP contribution in [0.25, 0.3) is 16.3 Å². The number of furan rings is 1. The van der Waals surface area contributed by atoms with Crippen LogP contribution < -0.4 is 20.7 Å². The number of anilines is 2. The minimum Gasteiger partial charge on any atom is -0.494 e. The van der Waals surface area contributed by atoms with Crippen molar-refractivity contribution >= 4 is 67.9 Å². The summed E-state index contributed by atoms with van der Waals surface area (Å²) in [5.74, 6) is -0.00445. The molecule has 1 unspecified atom stereocenters. The molecule has 0 radical (unpaired) electrons. The first-order chi connectivity index (χ1) is 23.4. The number of fused-ring (bicyclic) bond motifs is 1. The van der Waals surface area contributed by atoms with Crippen LogP contribution in [0.5, 0.6) is 5.75 Å². The van der Waals surface area contributed by atoms with Gasteiger partial charge in [-0.1, -0.05) is 59.9 Å². The zero-order chi connectivity index (χ0) is 33.3. The van der Waals surface area contributed by atoms with E-state index in [4.69, 9.17) is 9.15 Å². The van der Waals surface area contributed by atoms with E-state index < -0.39 is 17.1 Å². The van der Waals surface area contributed by atoms with Gasteiger partial charge in [0.1, 0.15) is 22.5 Å². The van der Waals surface area contributed by atoms with Gasteiger partial charge >= 0.3 is 0 Å². The lowest BCUT2D eigenvalue weighted by atomic mass is 10.1. The number of carbonyl (C=O) groups is 3. The van der Waals surface area contributed by atoms with E-state index in [1.165, 1.54) is 35.4 Å². The second-order valence-corrected chi connectivity index (χ2v) is 12.6. The summed E-state index contributed by atoms with van der Waals surface area (Å²) in [4.78, 5) is 45.3. The van der Waals surface area contributed by atoms with Crippen LogP contribution in [0.3, 0.4) is 0 Å². The first-order valence-corrected chi connectivity index (χ1v) is 16.7. The number of thiazole rings is 1. The number of carbonyl (C=O) groups excluding carboxylic acids is 3. The summed E-state index contributed by atoms with van der Waals surface area (Å²) in [5.41, 5.74) is 2.54. The van der Waals surface area contributed by atoms with Crippen molar-refractivity contribution < 1.29 is 23.5 Å². The van der Waals surface area contributed by atoms with Gasteiger partial charge in [0.15, 0.2) is 5.13 Å². The highest BCUT2D eigenvalue weighted by atomic mass is 32.2. The molecule has 0 spiro atoms. The summed E-state index contributed by atoms with van der Waals surface area (Å²) in [7, 11) is 0. The van der Waals surface area contributed by atoms with Crippen LogP contribution in [-0.4, -0.2) is 29.3 Å². The van der Waals surface area contributed by atoms with E-state index in [9.17, 15) is 14.4 Å². The molecule has 3 amide bonds. The van der Waals surface area contributed by atoms with E-state index in [1.54, 1.807) is 54.6 Å². The predicted molar refractivity (Wildman–Crippen MR) is 190 cm³/mol. The summed E-state index contributed by atoms with van der Waals surface area (Å²) in [6.07, 6.45) is 2.95. The van der Waals surface area contributed by atoms with Crippen molar-refractivity contribution in [3.63, 3.8) is 0 Å². The SMILES string of the molecule is CCOc1ccc2nc(NC(=O)C(Sc3ccc(NC(=O)/C(=C/c4ccco4)NC(=O)c4ccccc4)cc3)c3ccccc3)sc2c1. The smallest absolute Gasteiger partial charge is 0.272 e. The topological polar surface area (TPSA) is 123 Å². The van der Waals surface area contributed by atoms with E-state index in [-0.39, 0.29) is 11.6 Å². The molecule has 9 nitrogen and oxygen atoms in total. The van der Waals surface area contributed by atoms with Crippen LogP contribution in [0.15, 0.2) is 137 Å². The van der Waals surface area contributed by atoms with Crippen LogP contribution in [0.4, 0.5) is 10.8 Å². The highest BCUT2D eigenvalue weighted by Gasteiger charge is 2.24. The second kappa shape index (κ2) is 15.3. The second-order valence-electron chi connectivity index (χ2n) is 10.4. The normalized spacial score (nSPS) is 11.9. The number of thioether (sulfide) groups is 1. The summed E-state index contributed by atoms with van der Waals surface area (Å²) in [6.45, 7) is 2.49. The standard InChI is InChI=1S/C37H30N4O5S2/c1-2-45-28-17-20-30-32(23-28)48-37(40-30)41-36(44)33(24-10-5-3-6-11-24)47-29-18-15-26(16-19-29)38-35(43)31(22-27-14-9-21-46-27)39-34(42)25-12-7-4-8-13-25/h3-23,33H,2H2,1H3,(H,38,43)(H,39,42)(H,40,41,44)/b31-22-. The number of amides is 3. The lowest BCUT2D eigenvalue weighted by Crippen LogP contribution is -2.30. The van der Waals surface area contributed by atoms with E-state index in [2.05, 4.69) is 20.9 Å². The molecule has 6 rings (SSSR count). The lowest BCUT2D eigenvalue weighted by Gasteiger charge is -2.16. The summed E-state index contributed by atoms with van der Waals surface area (Å²) in [5, 5.41) is 8.45. The summed E-state index contributed by atoms with van der Waals surface area (Å²) >= 11 is 2.77. The number of nitrogens with one attached hydrogen (secondary N) is 3. The molecule has 0 aliphatic carbocycles. The van der Waals surface area contributed by atoms with Crippen molar-refractivity contribution in [1.29, 1.82) is 0 Å². The molecule has 48 heavy (non-hydrogen) atoms. The van der Waals surface area contributed by atoms with Gasteiger partial charge in [-0.2, -0.15) is 0 Å². The zero-order valence-corrected chi connectivity index (χ0v) is 27.3. The van der Waals surface area contributed by atoms with E-state index in [1.807, 2.05) is 67.6 Å². The first-order valence-electron chi connectivity index (χ1n) is 15.0. The number of rotatable bonds is 12. The fourth-order valence-electron chi connectivity index (χ4n) is 4.70. The molecule has 240 valence electrons. The van der Waals surface area contributed by atoms with Crippen LogP contribution in [0.2, 0.25) is 0 Å². The largest absolute Gasteiger partial charge is 0.494 e. The van der Waals surface area contributed by atoms with E-state index >= 15 is 0 Å². The number of ether oxygens (including phenoxy) is 1. The monoisotopic (exact) mass is 674 g/mol. The molecule has 6 aromatic rings. The van der Waals surface area contributed by atoms with E-state index in [0.29, 0.717) is 28.7 Å². The minimum absolute atomic E-state index is 0.0158. The van der Waals surface area contributed by atoms with Gasteiger partial charge in [-0.25, -0.2) is 4.98 Å². The van der Waals surface area contributed by atoms with Gasteiger partial charge in [-0.05, 0) is 79.2 Å². The van der Waals surface area contributed by atoms with Crippen molar-refractivity contribution in [3.8, 4) is 5.75 Å². The highest BCUT2D eigenvalue weighted by molar-refractivity contribution is 8.00. The van der Waals surface area contributed by atoms with Gasteiger partial charge in [0, 0.05) is 22.2 Å². The number of hydrogen-bond donors (Lipinski definition) is 3. The molecule has 4 aromatic carbocycles. The van der Waals surface area contributed by atoms with Crippen molar-refractivity contribution in [2.24, 2.45) is 0 Å². The van der Waals surface area contributed by atoms with Gasteiger partial charge in [-0.15, -0.1) is 11.8 Å². The molecule has 0 bridgehead atoms. The average Bonchev–Trinajstić information content (AvgIpc) is 3.77. The fourth-order valence-corrected chi connectivity index (χ4v) is 6.62. The van der Waals surface area contributed by atoms with Crippen molar-refractivity contribution in [1.82, 2.24) is 10.3 Å². The molecule has 0 saturated carbocycles. The molecule has 0 saturated heterocycles. The molecule has 2 aromatic heterocycles. The Morgan fingerprint density at radius 3 is 2.35 bits per heavy atom. The lowest BCUT2D eigenvalue weighted by molar-refractivity contribution is -0.116. The third kappa shape index (κ3) is 8.19. The fraction of sp³-hybridized carbons (Fsp3) is 0.0811. The van der Waals surface area contributed by atoms with Crippen molar-refractivity contribution in [3.05, 3.63) is 144 Å². The van der Waals surface area contributed by atoms with Gasteiger partial charge in [0.05, 0.1) is 23.1 Å². The third-order valence-corrected chi connectivity index (χ3v) is 9.17. The van der Waals surface area contributed by atoms with Crippen LogP contribution in [0.1, 0.15) is 33.9 Å². The summed E-state index contributed by atoms with van der Waals surface area (Å²) in [6, 6.07) is 34.3. The number of aromatic nitrogens is 1. The predicted octanol–water partition coefficient (Wildman–Crippen LogP) is 8.17. The molecule has 1 atom stereocenters. The Bertz CT molecular complexity index is 2040. The Labute approximate surface area is 285 Å². The third-order valence-electron chi connectivity index (χ3n) is 6.97. The number of benzene rings is 4. The molecule has 2 heterocycles. The molecule has 0 fully saturated rings. The Hall–Kier alpha value is -5.65. The maximum atomic E-state index is 13.7. The van der Waals surface area contributed by atoms with Gasteiger partial charge in [0.25, 0.3) is 11.8 Å². The number of hydrogen-bond acceptors (Lipinski definition) is 8. The van der Waals surface area contributed by atoms with Gasteiger partial charge < -0.3 is 25.1 Å². The van der Waals surface area contributed by atoms with Crippen LogP contribution >= 0.6 is 23.1 Å². The molecule has 11 heteroatoms. The van der Waals surface area contributed by atoms with Crippen LogP contribution in [0, 0.1) is 0 Å². The van der Waals surface area contributed by atoms with Crippen molar-refractivity contribution in [2.45, 2.75) is 17.1 Å². The molecule has 0 aliphatic heterocycles. The van der Waals surface area contributed by atoms with Gasteiger partial charge in [-0.3, -0.25) is 14.4 Å². The molecule has 3 N–H and O–H groups in total. The minimum atomic E-state index is -0.575. The molecular weight excluding hydrogens is 645 g/mol. The average molecular weight is 675 g/mol. The van der Waals surface area contributed by atoms with Crippen molar-refractivity contribution in [2.75, 3.05) is 17.2 Å². The Balaban J connectivity index is 1.16. The quantitative estimate of drug-likeness (QED) is 0.0884. The maximum Gasteiger partial charge on any atom is 0.272 e. The Morgan fingerprint density at radius 1 is 0.896 bits per heavy atom. The zero-order valence-electron chi connectivity index (χ0n) is 25.7. The van der Waals surface area contributed by atoms with Gasteiger partial charge in [0.2, 0.25) is 5.91 Å². The summed E-state index contributed by atoms with van der Waals surface area (Å²) < 4.78 is 11.9.